The summed E-state index contributed by atoms with van der Waals surface area (Å²) in [5.74, 6) is -0.375. The van der Waals surface area contributed by atoms with E-state index in [1.807, 2.05) is 74.5 Å². The minimum atomic E-state index is -1.23. The second-order valence-electron chi connectivity index (χ2n) is 6.05. The summed E-state index contributed by atoms with van der Waals surface area (Å²) in [6, 6.07) is 19.5. The normalized spacial score (nSPS) is 18.0. The molecule has 4 rings (SSSR count). The van der Waals surface area contributed by atoms with Gasteiger partial charge in [0.2, 0.25) is 0 Å². The summed E-state index contributed by atoms with van der Waals surface area (Å²) in [5.41, 5.74) is 3.19. The molecule has 0 spiro atoms. The topological polar surface area (TPSA) is 56.1 Å². The Labute approximate surface area is 146 Å². The number of hydrogen-bond donors (Lipinski definition) is 1. The first-order chi connectivity index (χ1) is 12.2. The van der Waals surface area contributed by atoms with Crippen LogP contribution in [-0.2, 0) is 15.2 Å². The van der Waals surface area contributed by atoms with Crippen LogP contribution in [0.5, 0.6) is 0 Å². The number of aryl methyl sites for hydroxylation is 1. The molecule has 2 aromatic carbocycles. The molecule has 1 aliphatic heterocycles. The number of benzene rings is 2. The Hall–Kier alpha value is -3.08. The van der Waals surface area contributed by atoms with Crippen LogP contribution in [-0.4, -0.2) is 22.4 Å². The van der Waals surface area contributed by atoms with Gasteiger partial charge in [-0.2, -0.15) is 5.10 Å². The third-order valence-electron chi connectivity index (χ3n) is 4.43. The Balaban J connectivity index is 2.04. The van der Waals surface area contributed by atoms with Crippen LogP contribution in [0, 0.1) is 6.92 Å². The maximum atomic E-state index is 13.2. The fourth-order valence-electron chi connectivity index (χ4n) is 3.38. The van der Waals surface area contributed by atoms with E-state index >= 15 is 0 Å². The van der Waals surface area contributed by atoms with Gasteiger partial charge in [-0.3, -0.25) is 0 Å². The number of anilines is 1. The van der Waals surface area contributed by atoms with Crippen molar-refractivity contribution in [2.24, 2.45) is 0 Å². The van der Waals surface area contributed by atoms with Gasteiger partial charge in [0.25, 0.3) is 5.66 Å². The van der Waals surface area contributed by atoms with E-state index in [1.54, 1.807) is 4.68 Å². The second-order valence-corrected chi connectivity index (χ2v) is 6.05. The summed E-state index contributed by atoms with van der Waals surface area (Å²) in [6.45, 7) is 4.03. The van der Waals surface area contributed by atoms with Crippen LogP contribution in [0.3, 0.4) is 0 Å². The molecule has 1 N–H and O–H groups in total. The highest BCUT2D eigenvalue weighted by molar-refractivity contribution is 5.92. The SMILES string of the molecule is CCOC(=O)C1(c2ccccc2)Nc2ccccc2-c2cc(C)nn21. The quantitative estimate of drug-likeness (QED) is 0.745. The summed E-state index contributed by atoms with van der Waals surface area (Å²) in [4.78, 5) is 13.2. The van der Waals surface area contributed by atoms with Crippen LogP contribution in [0.25, 0.3) is 11.3 Å². The van der Waals surface area contributed by atoms with Gasteiger partial charge >= 0.3 is 5.97 Å². The minimum Gasteiger partial charge on any atom is -0.463 e. The number of esters is 1. The molecule has 1 atom stereocenters. The first-order valence-corrected chi connectivity index (χ1v) is 8.34. The molecule has 0 saturated carbocycles. The molecule has 1 aliphatic rings. The van der Waals surface area contributed by atoms with Gasteiger partial charge < -0.3 is 10.1 Å². The predicted octanol–water partition coefficient (Wildman–Crippen LogP) is 3.55. The van der Waals surface area contributed by atoms with Crippen LogP contribution >= 0.6 is 0 Å². The van der Waals surface area contributed by atoms with E-state index in [-0.39, 0.29) is 5.97 Å². The fourth-order valence-corrected chi connectivity index (χ4v) is 3.38. The van der Waals surface area contributed by atoms with E-state index in [0.29, 0.717) is 6.61 Å². The van der Waals surface area contributed by atoms with Crippen molar-refractivity contribution in [1.29, 1.82) is 0 Å². The maximum absolute atomic E-state index is 13.2. The van der Waals surface area contributed by atoms with Crippen LogP contribution in [0.15, 0.2) is 60.7 Å². The lowest BCUT2D eigenvalue weighted by molar-refractivity contribution is -0.150. The van der Waals surface area contributed by atoms with Crippen LogP contribution in [0.4, 0.5) is 5.69 Å². The number of nitrogens with one attached hydrogen (secondary N) is 1. The average Bonchev–Trinajstić information content (AvgIpc) is 3.04. The van der Waals surface area contributed by atoms with E-state index in [2.05, 4.69) is 10.4 Å². The van der Waals surface area contributed by atoms with Gasteiger partial charge in [-0.1, -0.05) is 48.5 Å². The lowest BCUT2D eigenvalue weighted by atomic mass is 9.94. The number of carbonyl (C=O) groups excluding carboxylic acids is 1. The third kappa shape index (κ3) is 2.23. The smallest absolute Gasteiger partial charge is 0.359 e. The maximum Gasteiger partial charge on any atom is 0.359 e. The van der Waals surface area contributed by atoms with E-state index in [4.69, 9.17) is 4.74 Å². The van der Waals surface area contributed by atoms with Crippen LogP contribution < -0.4 is 5.32 Å². The summed E-state index contributed by atoms with van der Waals surface area (Å²) in [7, 11) is 0. The van der Waals surface area contributed by atoms with Crippen molar-refractivity contribution in [2.75, 3.05) is 11.9 Å². The molecule has 2 heterocycles. The van der Waals surface area contributed by atoms with Gasteiger partial charge in [-0.25, -0.2) is 9.48 Å². The first kappa shape index (κ1) is 15.4. The zero-order valence-corrected chi connectivity index (χ0v) is 14.2. The molecule has 0 amide bonds. The molecule has 0 fully saturated rings. The molecule has 1 aromatic heterocycles. The zero-order valence-electron chi connectivity index (χ0n) is 14.2. The van der Waals surface area contributed by atoms with Crippen LogP contribution in [0.1, 0.15) is 18.2 Å². The highest BCUT2D eigenvalue weighted by atomic mass is 16.5. The molecule has 0 bridgehead atoms. The van der Waals surface area contributed by atoms with Crippen molar-refractivity contribution in [3.05, 3.63) is 71.9 Å². The minimum absolute atomic E-state index is 0.298. The molecule has 0 radical (unpaired) electrons. The largest absolute Gasteiger partial charge is 0.463 e. The molecule has 0 aliphatic carbocycles. The molecule has 3 aromatic rings. The van der Waals surface area contributed by atoms with Crippen molar-refractivity contribution in [3.8, 4) is 11.3 Å². The molecule has 126 valence electrons. The van der Waals surface area contributed by atoms with E-state index < -0.39 is 5.66 Å². The number of ether oxygens (including phenoxy) is 1. The second kappa shape index (κ2) is 5.77. The standard InChI is InChI=1S/C20H19N3O2/c1-3-25-19(24)20(15-9-5-4-6-10-15)21-17-12-8-7-11-16(17)18-13-14(2)22-23(18)20/h4-13,21H,3H2,1-2H3. The number of nitrogens with zero attached hydrogens (tertiary/aromatic N) is 2. The Morgan fingerprint density at radius 1 is 1.16 bits per heavy atom. The fraction of sp³-hybridized carbons (Fsp3) is 0.200. The van der Waals surface area contributed by atoms with Gasteiger partial charge in [0.15, 0.2) is 0 Å². The third-order valence-corrected chi connectivity index (χ3v) is 4.43. The Bertz CT molecular complexity index is 933. The van der Waals surface area contributed by atoms with Crippen molar-refractivity contribution >= 4 is 11.7 Å². The van der Waals surface area contributed by atoms with Crippen molar-refractivity contribution in [1.82, 2.24) is 9.78 Å². The van der Waals surface area contributed by atoms with Gasteiger partial charge in [0, 0.05) is 16.8 Å². The van der Waals surface area contributed by atoms with E-state index in [9.17, 15) is 4.79 Å². The zero-order chi connectivity index (χ0) is 17.4. The number of aromatic nitrogens is 2. The summed E-state index contributed by atoms with van der Waals surface area (Å²) < 4.78 is 7.21. The number of para-hydroxylation sites is 1. The Morgan fingerprint density at radius 3 is 2.64 bits per heavy atom. The van der Waals surface area contributed by atoms with Gasteiger partial charge in [0.1, 0.15) is 0 Å². The van der Waals surface area contributed by atoms with Crippen LogP contribution in [0.2, 0.25) is 0 Å². The predicted molar refractivity (Wildman–Crippen MR) is 96.2 cm³/mol. The van der Waals surface area contributed by atoms with E-state index in [1.165, 1.54) is 0 Å². The summed E-state index contributed by atoms with van der Waals surface area (Å²) in [5, 5.41) is 8.04. The molecule has 5 heteroatoms. The van der Waals surface area contributed by atoms with E-state index in [0.717, 1.165) is 28.2 Å². The Morgan fingerprint density at radius 2 is 1.88 bits per heavy atom. The van der Waals surface area contributed by atoms with Gasteiger partial charge in [-0.05, 0) is 26.0 Å². The van der Waals surface area contributed by atoms with Gasteiger partial charge in [0.05, 0.1) is 18.0 Å². The Kier molecular flexibility index (Phi) is 3.57. The highest BCUT2D eigenvalue weighted by Gasteiger charge is 2.49. The number of rotatable bonds is 3. The highest BCUT2D eigenvalue weighted by Crippen LogP contribution is 2.42. The summed E-state index contributed by atoms with van der Waals surface area (Å²) in [6.07, 6.45) is 0. The molecule has 1 unspecified atom stereocenters. The van der Waals surface area contributed by atoms with Gasteiger partial charge in [-0.15, -0.1) is 0 Å². The lowest BCUT2D eigenvalue weighted by Gasteiger charge is -2.39. The van der Waals surface area contributed by atoms with Crippen molar-refractivity contribution in [2.45, 2.75) is 19.5 Å². The average molecular weight is 333 g/mol. The van der Waals surface area contributed by atoms with Crippen molar-refractivity contribution in [3.63, 3.8) is 0 Å². The molecular formula is C20H19N3O2. The first-order valence-electron chi connectivity index (χ1n) is 8.34. The number of hydrogen-bond acceptors (Lipinski definition) is 4. The van der Waals surface area contributed by atoms with Crippen molar-refractivity contribution < 1.29 is 9.53 Å². The lowest BCUT2D eigenvalue weighted by Crippen LogP contribution is -2.53. The molecule has 25 heavy (non-hydrogen) atoms. The monoisotopic (exact) mass is 333 g/mol. The molecule has 0 saturated heterocycles. The molecule has 5 nitrogen and oxygen atoms in total. The molecular weight excluding hydrogens is 314 g/mol. The number of fused-ring (bicyclic) bond motifs is 3. The summed E-state index contributed by atoms with van der Waals surface area (Å²) >= 11 is 0. The number of carbonyl (C=O) groups is 1.